The van der Waals surface area contributed by atoms with Crippen molar-refractivity contribution in [3.05, 3.63) is 0 Å². The fourth-order valence-electron chi connectivity index (χ4n) is 2.60. The van der Waals surface area contributed by atoms with Gasteiger partial charge in [-0.25, -0.2) is 0 Å². The predicted octanol–water partition coefficient (Wildman–Crippen LogP) is 1.10. The molecule has 1 spiro atoms. The Morgan fingerprint density at radius 1 is 1.31 bits per heavy atom. The van der Waals surface area contributed by atoms with Crippen LogP contribution in [0.25, 0.3) is 0 Å². The van der Waals surface area contributed by atoms with Crippen molar-refractivity contribution in [3.63, 3.8) is 0 Å². The first kappa shape index (κ1) is 11.9. The monoisotopic (exact) mass is 227 g/mol. The minimum atomic E-state index is -0.230. The highest BCUT2D eigenvalue weighted by molar-refractivity contribution is 5.65. The van der Waals surface area contributed by atoms with Crippen molar-refractivity contribution in [2.75, 3.05) is 26.3 Å². The van der Waals surface area contributed by atoms with Gasteiger partial charge in [0.1, 0.15) is 6.61 Å². The molecule has 0 unspecified atom stereocenters. The van der Waals surface area contributed by atoms with E-state index in [0.717, 1.165) is 12.8 Å². The molecule has 2 aliphatic rings. The van der Waals surface area contributed by atoms with Gasteiger partial charge < -0.3 is 14.8 Å². The lowest BCUT2D eigenvalue weighted by molar-refractivity contribution is -0.143. The molecule has 0 radical (unpaired) electrons. The van der Waals surface area contributed by atoms with Crippen molar-refractivity contribution in [1.29, 1.82) is 0 Å². The van der Waals surface area contributed by atoms with Gasteiger partial charge in [0.15, 0.2) is 0 Å². The maximum absolute atomic E-state index is 10.5. The van der Waals surface area contributed by atoms with Gasteiger partial charge in [-0.15, -0.1) is 0 Å². The Balaban J connectivity index is 1.56. The van der Waals surface area contributed by atoms with E-state index in [1.807, 2.05) is 0 Å². The number of carbonyl (C=O) groups excluding carboxylic acids is 1. The second kappa shape index (κ2) is 5.15. The summed E-state index contributed by atoms with van der Waals surface area (Å²) in [5.41, 5.74) is 0.593. The minimum absolute atomic E-state index is 0.230. The van der Waals surface area contributed by atoms with Crippen molar-refractivity contribution in [2.45, 2.75) is 38.7 Å². The van der Waals surface area contributed by atoms with Crippen molar-refractivity contribution in [1.82, 2.24) is 5.32 Å². The molecule has 0 aromatic carbocycles. The zero-order valence-corrected chi connectivity index (χ0v) is 9.96. The van der Waals surface area contributed by atoms with Crippen LogP contribution in [0.2, 0.25) is 0 Å². The summed E-state index contributed by atoms with van der Waals surface area (Å²) < 4.78 is 10.5. The fraction of sp³-hybridized carbons (Fsp3) is 0.917. The SMILES string of the molecule is CC(=O)OCCOC1CCC2(CC1)CNC2. The van der Waals surface area contributed by atoms with Gasteiger partial charge in [0.05, 0.1) is 12.7 Å². The highest BCUT2D eigenvalue weighted by Crippen LogP contribution is 2.40. The molecule has 0 amide bonds. The fourth-order valence-corrected chi connectivity index (χ4v) is 2.60. The van der Waals surface area contributed by atoms with Crippen molar-refractivity contribution in [3.8, 4) is 0 Å². The lowest BCUT2D eigenvalue weighted by Crippen LogP contribution is -2.55. The van der Waals surface area contributed by atoms with Gasteiger partial charge in [0, 0.05) is 20.0 Å². The molecule has 2 fully saturated rings. The van der Waals surface area contributed by atoms with Crippen LogP contribution in [-0.2, 0) is 14.3 Å². The Morgan fingerprint density at radius 2 is 2.00 bits per heavy atom. The number of hydrogen-bond acceptors (Lipinski definition) is 4. The summed E-state index contributed by atoms with van der Waals surface area (Å²) in [5, 5.41) is 3.35. The number of carbonyl (C=O) groups is 1. The van der Waals surface area contributed by atoms with Crippen LogP contribution in [0.1, 0.15) is 32.6 Å². The average Bonchev–Trinajstić information content (AvgIpc) is 2.23. The lowest BCUT2D eigenvalue weighted by atomic mass is 9.69. The van der Waals surface area contributed by atoms with Crippen molar-refractivity contribution >= 4 is 5.97 Å². The van der Waals surface area contributed by atoms with Gasteiger partial charge in [-0.1, -0.05) is 0 Å². The second-order valence-corrected chi connectivity index (χ2v) is 5.01. The zero-order chi connectivity index (χ0) is 11.4. The van der Waals surface area contributed by atoms with E-state index < -0.39 is 0 Å². The molecule has 4 heteroatoms. The van der Waals surface area contributed by atoms with E-state index in [1.54, 1.807) is 0 Å². The maximum Gasteiger partial charge on any atom is 0.302 e. The van der Waals surface area contributed by atoms with Crippen LogP contribution >= 0.6 is 0 Å². The molecule has 1 saturated heterocycles. The van der Waals surface area contributed by atoms with Gasteiger partial charge in [-0.05, 0) is 31.1 Å². The maximum atomic E-state index is 10.5. The molecule has 4 nitrogen and oxygen atoms in total. The van der Waals surface area contributed by atoms with E-state index in [9.17, 15) is 4.79 Å². The van der Waals surface area contributed by atoms with Gasteiger partial charge in [0.2, 0.25) is 0 Å². The number of hydrogen-bond donors (Lipinski definition) is 1. The third kappa shape index (κ3) is 2.95. The van der Waals surface area contributed by atoms with Gasteiger partial charge in [-0.3, -0.25) is 4.79 Å². The standard InChI is InChI=1S/C12H21NO3/c1-10(14)15-6-7-16-11-2-4-12(5-3-11)8-13-9-12/h11,13H,2-9H2,1H3. The average molecular weight is 227 g/mol. The molecule has 0 atom stereocenters. The predicted molar refractivity (Wildman–Crippen MR) is 60.1 cm³/mol. The molecule has 92 valence electrons. The van der Waals surface area contributed by atoms with E-state index in [2.05, 4.69) is 5.32 Å². The highest BCUT2D eigenvalue weighted by atomic mass is 16.6. The normalized spacial score (nSPS) is 24.1. The lowest BCUT2D eigenvalue weighted by Gasteiger charge is -2.47. The number of esters is 1. The van der Waals surface area contributed by atoms with Crippen LogP contribution in [0.15, 0.2) is 0 Å². The molecule has 0 bridgehead atoms. The second-order valence-electron chi connectivity index (χ2n) is 5.01. The number of nitrogens with one attached hydrogen (secondary N) is 1. The van der Waals surface area contributed by atoms with Crippen molar-refractivity contribution in [2.24, 2.45) is 5.41 Å². The molecular weight excluding hydrogens is 206 g/mol. The summed E-state index contributed by atoms with van der Waals surface area (Å²) in [6.07, 6.45) is 5.24. The van der Waals surface area contributed by atoms with Gasteiger partial charge in [-0.2, -0.15) is 0 Å². The molecule has 2 rings (SSSR count). The molecule has 0 aromatic heterocycles. The largest absolute Gasteiger partial charge is 0.463 e. The molecule has 1 saturated carbocycles. The van der Waals surface area contributed by atoms with E-state index in [0.29, 0.717) is 24.7 Å². The highest BCUT2D eigenvalue weighted by Gasteiger charge is 2.40. The van der Waals surface area contributed by atoms with Crippen LogP contribution in [-0.4, -0.2) is 38.4 Å². The third-order valence-corrected chi connectivity index (χ3v) is 3.74. The first-order valence-corrected chi connectivity index (χ1v) is 6.16. The molecule has 1 aliphatic carbocycles. The summed E-state index contributed by atoms with van der Waals surface area (Å²) in [7, 11) is 0. The summed E-state index contributed by atoms with van der Waals surface area (Å²) in [6, 6.07) is 0. The molecule has 1 aliphatic heterocycles. The van der Waals surface area contributed by atoms with Crippen LogP contribution < -0.4 is 5.32 Å². The Hall–Kier alpha value is -0.610. The third-order valence-electron chi connectivity index (χ3n) is 3.74. The summed E-state index contributed by atoms with van der Waals surface area (Å²) in [4.78, 5) is 10.5. The van der Waals surface area contributed by atoms with Crippen molar-refractivity contribution < 1.29 is 14.3 Å². The van der Waals surface area contributed by atoms with Crippen LogP contribution in [0.5, 0.6) is 0 Å². The van der Waals surface area contributed by atoms with E-state index >= 15 is 0 Å². The van der Waals surface area contributed by atoms with Gasteiger partial charge in [0.25, 0.3) is 0 Å². The zero-order valence-electron chi connectivity index (χ0n) is 9.96. The number of ether oxygens (including phenoxy) is 2. The topological polar surface area (TPSA) is 47.6 Å². The van der Waals surface area contributed by atoms with E-state index in [-0.39, 0.29) is 5.97 Å². The first-order valence-electron chi connectivity index (χ1n) is 6.16. The molecule has 1 heterocycles. The Labute approximate surface area is 96.7 Å². The molecule has 16 heavy (non-hydrogen) atoms. The Bertz CT molecular complexity index is 241. The Morgan fingerprint density at radius 3 is 2.50 bits per heavy atom. The molecule has 1 N–H and O–H groups in total. The summed E-state index contributed by atoms with van der Waals surface area (Å²) in [5.74, 6) is -0.230. The van der Waals surface area contributed by atoms with E-state index in [1.165, 1.54) is 32.9 Å². The smallest absolute Gasteiger partial charge is 0.302 e. The van der Waals surface area contributed by atoms with Crippen LogP contribution in [0, 0.1) is 5.41 Å². The minimum Gasteiger partial charge on any atom is -0.463 e. The van der Waals surface area contributed by atoms with Crippen LogP contribution in [0.4, 0.5) is 0 Å². The number of rotatable bonds is 4. The van der Waals surface area contributed by atoms with Gasteiger partial charge >= 0.3 is 5.97 Å². The summed E-state index contributed by atoms with van der Waals surface area (Å²) in [6.45, 7) is 4.72. The van der Waals surface area contributed by atoms with E-state index in [4.69, 9.17) is 9.47 Å². The quantitative estimate of drug-likeness (QED) is 0.577. The molecular formula is C12H21NO3. The summed E-state index contributed by atoms with van der Waals surface area (Å²) >= 11 is 0. The molecule has 0 aromatic rings. The first-order chi connectivity index (χ1) is 7.70. The Kier molecular flexibility index (Phi) is 3.82. The van der Waals surface area contributed by atoms with Crippen LogP contribution in [0.3, 0.4) is 0 Å².